The molecule has 2 aromatic rings. The van der Waals surface area contributed by atoms with E-state index in [4.69, 9.17) is 9.47 Å². The van der Waals surface area contributed by atoms with Gasteiger partial charge in [0.05, 0.1) is 0 Å². The lowest BCUT2D eigenvalue weighted by molar-refractivity contribution is 0.102. The number of hydrogen-bond acceptors (Lipinski definition) is 7. The highest BCUT2D eigenvalue weighted by Gasteiger charge is 2.16. The molecule has 0 saturated carbocycles. The SMILES string of the molecule is O=C(Nc1ccc2c(c1)OCCO2)c1ccc(C2NNNN2)cc1. The zero-order valence-electron chi connectivity index (χ0n) is 12.8. The third-order valence-corrected chi connectivity index (χ3v) is 3.80. The summed E-state index contributed by atoms with van der Waals surface area (Å²) in [5, 5.41) is 2.87. The zero-order chi connectivity index (χ0) is 16.4. The summed E-state index contributed by atoms with van der Waals surface area (Å²) in [7, 11) is 0. The van der Waals surface area contributed by atoms with Gasteiger partial charge in [0.25, 0.3) is 5.91 Å². The Labute approximate surface area is 138 Å². The number of hydrazine groups is 3. The first kappa shape index (κ1) is 14.9. The van der Waals surface area contributed by atoms with Crippen molar-refractivity contribution in [3.63, 3.8) is 0 Å². The number of fused-ring (bicyclic) bond motifs is 1. The summed E-state index contributed by atoms with van der Waals surface area (Å²) in [5.74, 6) is 1.16. The van der Waals surface area contributed by atoms with Crippen LogP contribution in [-0.2, 0) is 0 Å². The monoisotopic (exact) mass is 327 g/mol. The number of amides is 1. The third kappa shape index (κ3) is 3.03. The number of rotatable bonds is 3. The lowest BCUT2D eigenvalue weighted by atomic mass is 10.1. The van der Waals surface area contributed by atoms with E-state index in [1.165, 1.54) is 0 Å². The highest BCUT2D eigenvalue weighted by atomic mass is 16.6. The van der Waals surface area contributed by atoms with Crippen LogP contribution in [0.1, 0.15) is 22.1 Å². The van der Waals surface area contributed by atoms with Gasteiger partial charge in [-0.25, -0.2) is 10.9 Å². The van der Waals surface area contributed by atoms with E-state index in [0.29, 0.717) is 36.0 Å². The maximum atomic E-state index is 12.4. The molecule has 1 amide bonds. The van der Waals surface area contributed by atoms with Gasteiger partial charge in [0.15, 0.2) is 11.5 Å². The van der Waals surface area contributed by atoms with Crippen LogP contribution in [-0.4, -0.2) is 19.1 Å². The summed E-state index contributed by atoms with van der Waals surface area (Å²) in [6.45, 7) is 1.06. The van der Waals surface area contributed by atoms with Gasteiger partial charge >= 0.3 is 0 Å². The van der Waals surface area contributed by atoms with E-state index in [9.17, 15) is 4.79 Å². The fraction of sp³-hybridized carbons (Fsp3) is 0.188. The van der Waals surface area contributed by atoms with Gasteiger partial charge in [0.2, 0.25) is 0 Å². The van der Waals surface area contributed by atoms with Crippen LogP contribution in [0.5, 0.6) is 11.5 Å². The predicted octanol–water partition coefficient (Wildman–Crippen LogP) is 0.826. The number of anilines is 1. The molecule has 2 aliphatic rings. The lowest BCUT2D eigenvalue weighted by Gasteiger charge is -2.19. The number of carbonyl (C=O) groups excluding carboxylic acids is 1. The van der Waals surface area contributed by atoms with Gasteiger partial charge in [0, 0.05) is 17.3 Å². The summed E-state index contributed by atoms with van der Waals surface area (Å²) in [4.78, 5) is 12.4. The van der Waals surface area contributed by atoms with Gasteiger partial charge in [0.1, 0.15) is 19.4 Å². The molecular weight excluding hydrogens is 310 g/mol. The summed E-state index contributed by atoms with van der Waals surface area (Å²) >= 11 is 0. The molecule has 0 unspecified atom stereocenters. The minimum absolute atomic E-state index is 0.0556. The molecule has 8 nitrogen and oxygen atoms in total. The van der Waals surface area contributed by atoms with Crippen molar-refractivity contribution in [1.29, 1.82) is 0 Å². The molecular formula is C16H17N5O3. The Hall–Kier alpha value is -2.65. The first-order chi connectivity index (χ1) is 11.8. The van der Waals surface area contributed by atoms with Crippen LogP contribution in [0.4, 0.5) is 5.69 Å². The average molecular weight is 327 g/mol. The van der Waals surface area contributed by atoms with E-state index in [0.717, 1.165) is 5.56 Å². The van der Waals surface area contributed by atoms with Crippen LogP contribution in [0.3, 0.4) is 0 Å². The van der Waals surface area contributed by atoms with Gasteiger partial charge in [-0.05, 0) is 29.8 Å². The third-order valence-electron chi connectivity index (χ3n) is 3.80. The smallest absolute Gasteiger partial charge is 0.255 e. The Bertz CT molecular complexity index is 744. The first-order valence-corrected chi connectivity index (χ1v) is 7.62. The van der Waals surface area contributed by atoms with E-state index < -0.39 is 0 Å². The second kappa shape index (κ2) is 6.46. The predicted molar refractivity (Wildman–Crippen MR) is 87.1 cm³/mol. The van der Waals surface area contributed by atoms with Crippen molar-refractivity contribution in [2.24, 2.45) is 0 Å². The molecule has 1 saturated heterocycles. The first-order valence-electron chi connectivity index (χ1n) is 7.62. The Morgan fingerprint density at radius 2 is 1.67 bits per heavy atom. The molecule has 0 spiro atoms. The topological polar surface area (TPSA) is 95.7 Å². The van der Waals surface area contributed by atoms with Crippen LogP contribution >= 0.6 is 0 Å². The Morgan fingerprint density at radius 3 is 2.42 bits per heavy atom. The number of carbonyl (C=O) groups is 1. The van der Waals surface area contributed by atoms with Gasteiger partial charge in [-0.3, -0.25) is 4.79 Å². The fourth-order valence-electron chi connectivity index (χ4n) is 2.57. The maximum absolute atomic E-state index is 12.4. The second-order valence-electron chi connectivity index (χ2n) is 5.41. The molecule has 0 aliphatic carbocycles. The molecule has 1 fully saturated rings. The van der Waals surface area contributed by atoms with Gasteiger partial charge in [-0.2, -0.15) is 11.1 Å². The largest absolute Gasteiger partial charge is 0.486 e. The average Bonchev–Trinajstić information content (AvgIpc) is 3.16. The molecule has 0 atom stereocenters. The van der Waals surface area contributed by atoms with Crippen molar-refractivity contribution in [3.8, 4) is 11.5 Å². The van der Waals surface area contributed by atoms with Crippen molar-refractivity contribution < 1.29 is 14.3 Å². The molecule has 8 heteroatoms. The van der Waals surface area contributed by atoms with Crippen LogP contribution in [0.15, 0.2) is 42.5 Å². The summed E-state index contributed by atoms with van der Waals surface area (Å²) < 4.78 is 11.0. The van der Waals surface area contributed by atoms with E-state index in [-0.39, 0.29) is 12.1 Å². The molecule has 2 aromatic carbocycles. The molecule has 24 heavy (non-hydrogen) atoms. The van der Waals surface area contributed by atoms with Crippen molar-refractivity contribution in [2.75, 3.05) is 18.5 Å². The molecule has 2 aliphatic heterocycles. The van der Waals surface area contributed by atoms with Crippen molar-refractivity contribution in [2.45, 2.75) is 6.17 Å². The minimum atomic E-state index is -0.179. The van der Waals surface area contributed by atoms with Crippen LogP contribution in [0.25, 0.3) is 0 Å². The van der Waals surface area contributed by atoms with Crippen LogP contribution < -0.4 is 36.7 Å². The number of ether oxygens (including phenoxy) is 2. The highest BCUT2D eigenvalue weighted by Crippen LogP contribution is 2.32. The summed E-state index contributed by atoms with van der Waals surface area (Å²) in [5.41, 5.74) is 13.7. The standard InChI is InChI=1S/C16H17N5O3/c22-16(11-3-1-10(2-4-11)15-18-20-21-19-15)17-12-5-6-13-14(9-12)24-8-7-23-13/h1-6,9,15,18-21H,7-8H2,(H,17,22). The number of hydrogen-bond donors (Lipinski definition) is 5. The summed E-state index contributed by atoms with van der Waals surface area (Å²) in [6, 6.07) is 12.7. The van der Waals surface area contributed by atoms with Crippen LogP contribution in [0, 0.1) is 0 Å². The molecule has 0 radical (unpaired) electrons. The highest BCUT2D eigenvalue weighted by molar-refractivity contribution is 6.04. The van der Waals surface area contributed by atoms with E-state index in [1.807, 2.05) is 12.1 Å². The normalized spacial score (nSPS) is 16.8. The molecule has 5 N–H and O–H groups in total. The van der Waals surface area contributed by atoms with Crippen LogP contribution in [0.2, 0.25) is 0 Å². The zero-order valence-corrected chi connectivity index (χ0v) is 12.8. The fourth-order valence-corrected chi connectivity index (χ4v) is 2.57. The Kier molecular flexibility index (Phi) is 4.01. The lowest BCUT2D eigenvalue weighted by Crippen LogP contribution is -2.33. The minimum Gasteiger partial charge on any atom is -0.486 e. The second-order valence-corrected chi connectivity index (χ2v) is 5.41. The van der Waals surface area contributed by atoms with E-state index >= 15 is 0 Å². The van der Waals surface area contributed by atoms with Gasteiger partial charge < -0.3 is 14.8 Å². The molecule has 0 aromatic heterocycles. The van der Waals surface area contributed by atoms with Crippen molar-refractivity contribution in [1.82, 2.24) is 21.9 Å². The number of benzene rings is 2. The van der Waals surface area contributed by atoms with E-state index in [2.05, 4.69) is 27.2 Å². The van der Waals surface area contributed by atoms with Gasteiger partial charge in [-0.15, -0.1) is 0 Å². The number of nitrogens with one attached hydrogen (secondary N) is 5. The molecule has 124 valence electrons. The van der Waals surface area contributed by atoms with Gasteiger partial charge in [-0.1, -0.05) is 12.1 Å². The van der Waals surface area contributed by atoms with Crippen molar-refractivity contribution >= 4 is 11.6 Å². The summed E-state index contributed by atoms with van der Waals surface area (Å²) in [6.07, 6.45) is -0.0556. The quantitative estimate of drug-likeness (QED) is 0.570. The maximum Gasteiger partial charge on any atom is 0.255 e. The molecule has 4 rings (SSSR count). The van der Waals surface area contributed by atoms with Crippen molar-refractivity contribution in [3.05, 3.63) is 53.6 Å². The molecule has 2 heterocycles. The Morgan fingerprint density at radius 1 is 0.958 bits per heavy atom. The van der Waals surface area contributed by atoms with E-state index in [1.54, 1.807) is 30.3 Å². The molecule has 0 bridgehead atoms. The Balaban J connectivity index is 1.45.